The van der Waals surface area contributed by atoms with Crippen LogP contribution in [0.5, 0.6) is 0 Å². The summed E-state index contributed by atoms with van der Waals surface area (Å²) in [5.74, 6) is 0.0908. The SMILES string of the molecule is N#Cc1ccc(CS(=O)(=O)[O-])cc1.Nc1ccc(Cl)c[nH+]1. The number of aromatic nitrogens is 1. The molecule has 0 spiro atoms. The Morgan fingerprint density at radius 2 is 1.86 bits per heavy atom. The fourth-order valence-corrected chi connectivity index (χ4v) is 2.02. The van der Waals surface area contributed by atoms with E-state index in [9.17, 15) is 13.0 Å². The molecule has 1 aromatic heterocycles. The first kappa shape index (κ1) is 16.9. The first-order valence-electron chi connectivity index (χ1n) is 5.65. The van der Waals surface area contributed by atoms with E-state index < -0.39 is 15.9 Å². The molecule has 1 heterocycles. The van der Waals surface area contributed by atoms with Crippen molar-refractivity contribution in [1.29, 1.82) is 5.26 Å². The molecule has 0 unspecified atom stereocenters. The maximum atomic E-state index is 10.3. The number of H-pyrrole nitrogens is 1. The number of anilines is 1. The minimum Gasteiger partial charge on any atom is -0.748 e. The summed E-state index contributed by atoms with van der Waals surface area (Å²) < 4.78 is 31.0. The van der Waals surface area contributed by atoms with Crippen LogP contribution in [0, 0.1) is 11.3 Å². The van der Waals surface area contributed by atoms with E-state index in [1.165, 1.54) is 24.3 Å². The lowest BCUT2D eigenvalue weighted by Crippen LogP contribution is -2.07. The van der Waals surface area contributed by atoms with Crippen LogP contribution in [-0.2, 0) is 15.9 Å². The van der Waals surface area contributed by atoms with E-state index in [0.29, 0.717) is 22.0 Å². The lowest BCUT2D eigenvalue weighted by atomic mass is 10.2. The average Bonchev–Trinajstić information content (AvgIpc) is 2.42. The molecular weight excluding hydrogens is 314 g/mol. The van der Waals surface area contributed by atoms with Gasteiger partial charge >= 0.3 is 0 Å². The van der Waals surface area contributed by atoms with Crippen molar-refractivity contribution in [2.45, 2.75) is 5.75 Å². The van der Waals surface area contributed by atoms with Gasteiger partial charge in [-0.1, -0.05) is 23.7 Å². The van der Waals surface area contributed by atoms with E-state index in [1.54, 1.807) is 18.3 Å². The fourth-order valence-electron chi connectivity index (χ4n) is 1.30. The van der Waals surface area contributed by atoms with Gasteiger partial charge in [0, 0.05) is 6.07 Å². The number of nitrogens with two attached hydrogens (primary N) is 1. The van der Waals surface area contributed by atoms with E-state index in [1.807, 2.05) is 6.07 Å². The zero-order chi connectivity index (χ0) is 15.9. The van der Waals surface area contributed by atoms with Crippen LogP contribution in [0.3, 0.4) is 0 Å². The highest BCUT2D eigenvalue weighted by molar-refractivity contribution is 7.84. The summed E-state index contributed by atoms with van der Waals surface area (Å²) in [6.07, 6.45) is 1.64. The molecule has 8 heteroatoms. The van der Waals surface area contributed by atoms with Crippen molar-refractivity contribution in [1.82, 2.24) is 0 Å². The Morgan fingerprint density at radius 1 is 1.24 bits per heavy atom. The van der Waals surface area contributed by atoms with E-state index in [0.717, 1.165) is 0 Å². The third-order valence-electron chi connectivity index (χ3n) is 2.23. The molecule has 3 N–H and O–H groups in total. The van der Waals surface area contributed by atoms with Gasteiger partial charge in [0.25, 0.3) is 5.82 Å². The number of hydrogen-bond acceptors (Lipinski definition) is 5. The van der Waals surface area contributed by atoms with Crippen molar-refractivity contribution in [2.24, 2.45) is 0 Å². The van der Waals surface area contributed by atoms with Crippen molar-refractivity contribution < 1.29 is 18.0 Å². The zero-order valence-corrected chi connectivity index (χ0v) is 12.4. The van der Waals surface area contributed by atoms with Gasteiger partial charge in [-0.25, -0.2) is 13.4 Å². The molecule has 0 atom stereocenters. The van der Waals surface area contributed by atoms with E-state index >= 15 is 0 Å². The number of rotatable bonds is 2. The second-order valence-electron chi connectivity index (χ2n) is 3.97. The Balaban J connectivity index is 0.000000235. The number of pyridine rings is 1. The third-order valence-corrected chi connectivity index (χ3v) is 3.15. The van der Waals surface area contributed by atoms with Crippen molar-refractivity contribution >= 4 is 27.5 Å². The normalized spacial score (nSPS) is 10.1. The minimum absolute atomic E-state index is 0.397. The summed E-state index contributed by atoms with van der Waals surface area (Å²) in [5, 5.41) is 9.10. The van der Waals surface area contributed by atoms with E-state index in [2.05, 4.69) is 4.98 Å². The van der Waals surface area contributed by atoms with Crippen LogP contribution >= 0.6 is 11.6 Å². The second kappa shape index (κ2) is 7.59. The van der Waals surface area contributed by atoms with Crippen molar-refractivity contribution in [3.8, 4) is 6.07 Å². The molecular formula is C13H12ClN3O3S. The molecule has 0 fully saturated rings. The Labute approximate surface area is 127 Å². The van der Waals surface area contributed by atoms with E-state index in [-0.39, 0.29) is 0 Å². The molecule has 1 aromatic carbocycles. The predicted molar refractivity (Wildman–Crippen MR) is 77.0 cm³/mol. The van der Waals surface area contributed by atoms with Gasteiger partial charge in [-0.05, 0) is 23.8 Å². The molecule has 21 heavy (non-hydrogen) atoms. The number of hydrogen-bond donors (Lipinski definition) is 1. The van der Waals surface area contributed by atoms with Gasteiger partial charge in [-0.15, -0.1) is 0 Å². The largest absolute Gasteiger partial charge is 0.748 e. The second-order valence-corrected chi connectivity index (χ2v) is 5.81. The molecule has 2 aromatic rings. The van der Waals surface area contributed by atoms with Crippen LogP contribution in [0.1, 0.15) is 11.1 Å². The lowest BCUT2D eigenvalue weighted by Gasteiger charge is -2.05. The molecule has 0 saturated carbocycles. The minimum atomic E-state index is -4.23. The highest BCUT2D eigenvalue weighted by Crippen LogP contribution is 2.06. The van der Waals surface area contributed by atoms with Gasteiger partial charge in [0.1, 0.15) is 6.20 Å². The van der Waals surface area contributed by atoms with Crippen LogP contribution in [0.15, 0.2) is 42.6 Å². The van der Waals surface area contributed by atoms with Crippen LogP contribution in [0.25, 0.3) is 0 Å². The molecule has 6 nitrogen and oxygen atoms in total. The number of nitriles is 1. The molecule has 0 aliphatic heterocycles. The Hall–Kier alpha value is -2.14. The Kier molecular flexibility index (Phi) is 6.11. The monoisotopic (exact) mass is 325 g/mol. The van der Waals surface area contributed by atoms with Crippen LogP contribution < -0.4 is 10.7 Å². The smallest absolute Gasteiger partial charge is 0.270 e. The maximum absolute atomic E-state index is 10.3. The van der Waals surface area contributed by atoms with E-state index in [4.69, 9.17) is 22.6 Å². The standard InChI is InChI=1S/C8H7NO3S.C5H5ClN2/c9-5-7-1-3-8(4-2-7)6-13(10,11)12;6-4-1-2-5(7)8-3-4/h1-4H,6H2,(H,10,11,12);1-3H,(H2,7,8). The maximum Gasteiger partial charge on any atom is 0.270 e. The lowest BCUT2D eigenvalue weighted by molar-refractivity contribution is -0.360. The number of halogens is 1. The van der Waals surface area contributed by atoms with Crippen molar-refractivity contribution in [2.75, 3.05) is 5.73 Å². The van der Waals surface area contributed by atoms with Crippen molar-refractivity contribution in [3.05, 3.63) is 58.7 Å². The highest BCUT2D eigenvalue weighted by atomic mass is 35.5. The highest BCUT2D eigenvalue weighted by Gasteiger charge is 1.98. The number of nitrogen functional groups attached to an aromatic ring is 1. The Morgan fingerprint density at radius 3 is 2.24 bits per heavy atom. The van der Waals surface area contributed by atoms with Crippen LogP contribution in [-0.4, -0.2) is 13.0 Å². The molecule has 0 bridgehead atoms. The van der Waals surface area contributed by atoms with Gasteiger partial charge in [0.2, 0.25) is 0 Å². The summed E-state index contributed by atoms with van der Waals surface area (Å²) in [4.78, 5) is 2.75. The summed E-state index contributed by atoms with van der Waals surface area (Å²) >= 11 is 5.52. The van der Waals surface area contributed by atoms with Gasteiger partial charge in [0.15, 0.2) is 0 Å². The number of aromatic amines is 1. The number of nitrogens with zero attached hydrogens (tertiary/aromatic N) is 1. The zero-order valence-electron chi connectivity index (χ0n) is 10.8. The number of benzene rings is 1. The van der Waals surface area contributed by atoms with Gasteiger partial charge in [0.05, 0.1) is 32.5 Å². The first-order valence-corrected chi connectivity index (χ1v) is 7.61. The molecule has 110 valence electrons. The Bertz CT molecular complexity index is 702. The first-order chi connectivity index (χ1) is 9.80. The summed E-state index contributed by atoms with van der Waals surface area (Å²) in [6.45, 7) is 0. The summed E-state index contributed by atoms with van der Waals surface area (Å²) in [5.41, 5.74) is 6.15. The summed E-state index contributed by atoms with van der Waals surface area (Å²) in [7, 11) is -4.23. The average molecular weight is 326 g/mol. The topological polar surface area (TPSA) is 121 Å². The molecule has 0 radical (unpaired) electrons. The van der Waals surface area contributed by atoms with Gasteiger partial charge in [-0.3, -0.25) is 5.73 Å². The van der Waals surface area contributed by atoms with Gasteiger partial charge in [-0.2, -0.15) is 5.26 Å². The van der Waals surface area contributed by atoms with Crippen LogP contribution in [0.4, 0.5) is 5.82 Å². The summed E-state index contributed by atoms with van der Waals surface area (Å²) in [6, 6.07) is 11.2. The quantitative estimate of drug-likeness (QED) is 0.835. The van der Waals surface area contributed by atoms with Gasteiger partial charge < -0.3 is 4.55 Å². The predicted octanol–water partition coefficient (Wildman–Crippen LogP) is 1.34. The molecule has 0 aliphatic carbocycles. The molecule has 0 aliphatic rings. The van der Waals surface area contributed by atoms with Crippen molar-refractivity contribution in [3.63, 3.8) is 0 Å². The molecule has 0 amide bonds. The molecule has 2 rings (SSSR count). The fraction of sp³-hybridized carbons (Fsp3) is 0.0769. The third kappa shape index (κ3) is 7.27. The number of nitrogens with one attached hydrogen (secondary N) is 1. The van der Waals surface area contributed by atoms with Crippen LogP contribution in [0.2, 0.25) is 5.02 Å². The molecule has 0 saturated heterocycles.